The van der Waals surface area contributed by atoms with Crippen molar-refractivity contribution in [1.29, 1.82) is 0 Å². The minimum Gasteiger partial charge on any atom is -0.467 e. The highest BCUT2D eigenvalue weighted by Gasteiger charge is 2.45. The molecule has 7 heteroatoms. The van der Waals surface area contributed by atoms with Crippen LogP contribution in [0.3, 0.4) is 0 Å². The standard InChI is InChI=1S/C12H19F2NO4/c1-12(2,3)19-11(17)15-6-7(9(13)14)5-8(15)10(16)18-4/h7-9H,5-6H2,1-4H3/t7?,8-/m1/s1. The second-order valence-electron chi connectivity index (χ2n) is 5.50. The fourth-order valence-corrected chi connectivity index (χ4v) is 1.93. The predicted octanol–water partition coefficient (Wildman–Crippen LogP) is 2.05. The molecule has 0 saturated carbocycles. The molecule has 0 aromatic heterocycles. The Morgan fingerprint density at radius 3 is 2.32 bits per heavy atom. The summed E-state index contributed by atoms with van der Waals surface area (Å²) in [7, 11) is 1.16. The van der Waals surface area contributed by atoms with Crippen LogP contribution in [0.2, 0.25) is 0 Å². The molecule has 19 heavy (non-hydrogen) atoms. The van der Waals surface area contributed by atoms with E-state index in [9.17, 15) is 18.4 Å². The van der Waals surface area contributed by atoms with Gasteiger partial charge in [-0.1, -0.05) is 0 Å². The summed E-state index contributed by atoms with van der Waals surface area (Å²) >= 11 is 0. The molecule has 1 heterocycles. The molecule has 1 aliphatic heterocycles. The average Bonchev–Trinajstić information content (AvgIpc) is 2.70. The Kier molecular flexibility index (Phi) is 4.70. The van der Waals surface area contributed by atoms with Crippen molar-refractivity contribution in [3.8, 4) is 0 Å². The number of likely N-dealkylation sites (tertiary alicyclic amines) is 1. The zero-order chi connectivity index (χ0) is 14.8. The number of ether oxygens (including phenoxy) is 2. The Labute approximate surface area is 110 Å². The maximum atomic E-state index is 12.7. The van der Waals surface area contributed by atoms with Gasteiger partial charge in [0.25, 0.3) is 0 Å². The number of alkyl halides is 2. The van der Waals surface area contributed by atoms with Crippen LogP contribution in [0.4, 0.5) is 13.6 Å². The quantitative estimate of drug-likeness (QED) is 0.726. The van der Waals surface area contributed by atoms with Crippen molar-refractivity contribution in [2.45, 2.75) is 45.3 Å². The van der Waals surface area contributed by atoms with Crippen LogP contribution in [0.1, 0.15) is 27.2 Å². The minimum atomic E-state index is -2.58. The van der Waals surface area contributed by atoms with Crippen molar-refractivity contribution in [2.24, 2.45) is 5.92 Å². The first-order valence-corrected chi connectivity index (χ1v) is 6.01. The Morgan fingerprint density at radius 1 is 1.32 bits per heavy atom. The molecule has 0 N–H and O–H groups in total. The van der Waals surface area contributed by atoms with Gasteiger partial charge in [0.15, 0.2) is 0 Å². The normalized spacial score (nSPS) is 23.6. The van der Waals surface area contributed by atoms with E-state index in [-0.39, 0.29) is 13.0 Å². The van der Waals surface area contributed by atoms with Gasteiger partial charge in [0.05, 0.1) is 7.11 Å². The van der Waals surface area contributed by atoms with Gasteiger partial charge in [-0.2, -0.15) is 0 Å². The summed E-state index contributed by atoms with van der Waals surface area (Å²) in [5, 5.41) is 0. The number of nitrogens with zero attached hydrogens (tertiary/aromatic N) is 1. The molecular weight excluding hydrogens is 260 g/mol. The molecule has 5 nitrogen and oxygen atoms in total. The summed E-state index contributed by atoms with van der Waals surface area (Å²) in [5.74, 6) is -1.73. The molecule has 0 aromatic rings. The van der Waals surface area contributed by atoms with E-state index in [1.165, 1.54) is 0 Å². The minimum absolute atomic E-state index is 0.108. The first kappa shape index (κ1) is 15.7. The van der Waals surface area contributed by atoms with Crippen LogP contribution in [0.15, 0.2) is 0 Å². The Hall–Kier alpha value is -1.40. The highest BCUT2D eigenvalue weighted by molar-refractivity contribution is 5.82. The van der Waals surface area contributed by atoms with Crippen molar-refractivity contribution in [3.05, 3.63) is 0 Å². The van der Waals surface area contributed by atoms with E-state index >= 15 is 0 Å². The summed E-state index contributed by atoms with van der Waals surface area (Å²) in [5.41, 5.74) is -0.749. The topological polar surface area (TPSA) is 55.8 Å². The lowest BCUT2D eigenvalue weighted by Gasteiger charge is -2.27. The van der Waals surface area contributed by atoms with Gasteiger partial charge in [-0.3, -0.25) is 4.90 Å². The number of esters is 1. The molecule has 1 fully saturated rings. The number of carbonyl (C=O) groups is 2. The van der Waals surface area contributed by atoms with Crippen LogP contribution in [-0.4, -0.2) is 48.7 Å². The highest BCUT2D eigenvalue weighted by Crippen LogP contribution is 2.30. The van der Waals surface area contributed by atoms with Gasteiger partial charge in [0, 0.05) is 12.5 Å². The molecule has 0 aromatic carbocycles. The summed E-state index contributed by atoms with van der Waals surface area (Å²) in [6.07, 6.45) is -3.46. The van der Waals surface area contributed by atoms with Gasteiger partial charge in [-0.25, -0.2) is 18.4 Å². The summed E-state index contributed by atoms with van der Waals surface area (Å²) in [6, 6.07) is -1.00. The predicted molar refractivity (Wildman–Crippen MR) is 62.9 cm³/mol. The highest BCUT2D eigenvalue weighted by atomic mass is 19.3. The number of halogens is 2. The molecule has 1 rings (SSSR count). The third-order valence-electron chi connectivity index (χ3n) is 2.79. The number of rotatable bonds is 2. The van der Waals surface area contributed by atoms with Gasteiger partial charge in [0.2, 0.25) is 6.43 Å². The van der Waals surface area contributed by atoms with E-state index in [1.807, 2.05) is 0 Å². The van der Waals surface area contributed by atoms with Gasteiger partial charge in [-0.15, -0.1) is 0 Å². The third-order valence-corrected chi connectivity index (χ3v) is 2.79. The summed E-state index contributed by atoms with van der Waals surface area (Å²) in [6.45, 7) is 4.79. The van der Waals surface area contributed by atoms with E-state index in [2.05, 4.69) is 4.74 Å². The first-order chi connectivity index (χ1) is 8.65. The van der Waals surface area contributed by atoms with Crippen molar-refractivity contribution in [3.63, 3.8) is 0 Å². The number of methoxy groups -OCH3 is 1. The second kappa shape index (κ2) is 5.71. The van der Waals surface area contributed by atoms with E-state index in [4.69, 9.17) is 4.74 Å². The second-order valence-corrected chi connectivity index (χ2v) is 5.50. The SMILES string of the molecule is COC(=O)[C@H]1CC(C(F)F)CN1C(=O)OC(C)(C)C. The molecule has 0 radical (unpaired) electrons. The third kappa shape index (κ3) is 4.04. The van der Waals surface area contributed by atoms with E-state index in [0.717, 1.165) is 12.0 Å². The molecule has 1 amide bonds. The van der Waals surface area contributed by atoms with Crippen LogP contribution in [-0.2, 0) is 14.3 Å². The number of hydrogen-bond donors (Lipinski definition) is 0. The molecule has 0 spiro atoms. The van der Waals surface area contributed by atoms with Crippen molar-refractivity contribution >= 4 is 12.1 Å². The average molecular weight is 279 g/mol. The van der Waals surface area contributed by atoms with Gasteiger partial charge in [0.1, 0.15) is 11.6 Å². The molecule has 1 saturated heterocycles. The zero-order valence-electron chi connectivity index (χ0n) is 11.5. The van der Waals surface area contributed by atoms with Crippen LogP contribution in [0.25, 0.3) is 0 Å². The molecule has 0 aliphatic carbocycles. The van der Waals surface area contributed by atoms with Crippen LogP contribution >= 0.6 is 0 Å². The molecular formula is C12H19F2NO4. The van der Waals surface area contributed by atoms with E-state index < -0.39 is 36.0 Å². The lowest BCUT2D eigenvalue weighted by Crippen LogP contribution is -2.43. The van der Waals surface area contributed by atoms with Gasteiger partial charge < -0.3 is 9.47 Å². The fraction of sp³-hybridized carbons (Fsp3) is 0.833. The van der Waals surface area contributed by atoms with Crippen LogP contribution < -0.4 is 0 Å². The van der Waals surface area contributed by atoms with Crippen molar-refractivity contribution < 1.29 is 27.8 Å². The van der Waals surface area contributed by atoms with Crippen molar-refractivity contribution in [1.82, 2.24) is 4.90 Å². The first-order valence-electron chi connectivity index (χ1n) is 6.01. The number of hydrogen-bond acceptors (Lipinski definition) is 4. The lowest BCUT2D eigenvalue weighted by atomic mass is 10.1. The fourth-order valence-electron chi connectivity index (χ4n) is 1.93. The molecule has 0 bridgehead atoms. The maximum absolute atomic E-state index is 12.7. The molecule has 2 atom stereocenters. The van der Waals surface area contributed by atoms with Gasteiger partial charge in [-0.05, 0) is 27.2 Å². The lowest BCUT2D eigenvalue weighted by molar-refractivity contribution is -0.145. The Balaban J connectivity index is 2.83. The molecule has 110 valence electrons. The van der Waals surface area contributed by atoms with Crippen LogP contribution in [0, 0.1) is 5.92 Å². The number of amides is 1. The zero-order valence-corrected chi connectivity index (χ0v) is 11.5. The smallest absolute Gasteiger partial charge is 0.411 e. The number of carbonyl (C=O) groups excluding carboxylic acids is 2. The summed E-state index contributed by atoms with van der Waals surface area (Å²) in [4.78, 5) is 24.5. The summed E-state index contributed by atoms with van der Waals surface area (Å²) < 4.78 is 35.1. The maximum Gasteiger partial charge on any atom is 0.411 e. The van der Waals surface area contributed by atoms with Crippen molar-refractivity contribution in [2.75, 3.05) is 13.7 Å². The monoisotopic (exact) mass is 279 g/mol. The Morgan fingerprint density at radius 2 is 1.89 bits per heavy atom. The van der Waals surface area contributed by atoms with Gasteiger partial charge >= 0.3 is 12.1 Å². The van der Waals surface area contributed by atoms with E-state index in [0.29, 0.717) is 0 Å². The Bertz CT molecular complexity index is 354. The molecule has 1 aliphatic rings. The molecule has 1 unspecified atom stereocenters. The van der Waals surface area contributed by atoms with Crippen LogP contribution in [0.5, 0.6) is 0 Å². The largest absolute Gasteiger partial charge is 0.467 e. The van der Waals surface area contributed by atoms with E-state index in [1.54, 1.807) is 20.8 Å².